The van der Waals surface area contributed by atoms with Gasteiger partial charge in [0.25, 0.3) is 0 Å². The number of aliphatic hydroxyl groups is 3. The lowest BCUT2D eigenvalue weighted by Crippen LogP contribution is -2.61. The van der Waals surface area contributed by atoms with Gasteiger partial charge in [-0.15, -0.1) is 0 Å². The normalized spacial score (nSPS) is 35.6. The molecule has 0 saturated carbocycles. The molecule has 12 nitrogen and oxygen atoms in total. The third kappa shape index (κ3) is 6.00. The van der Waals surface area contributed by atoms with E-state index in [1.54, 1.807) is 37.3 Å². The Hall–Kier alpha value is -3.29. The first-order valence-corrected chi connectivity index (χ1v) is 11.7. The van der Waals surface area contributed by atoms with Crippen LogP contribution in [0.4, 0.5) is 0 Å². The summed E-state index contributed by atoms with van der Waals surface area (Å²) in [5.41, 5.74) is 0.649. The number of carbonyl (C=O) groups is 3. The van der Waals surface area contributed by atoms with Crippen LogP contribution >= 0.6 is 0 Å². The van der Waals surface area contributed by atoms with Crippen LogP contribution < -0.4 is 0 Å². The van der Waals surface area contributed by atoms with E-state index in [1.165, 1.54) is 6.08 Å². The Morgan fingerprint density at radius 3 is 2.51 bits per heavy atom. The highest BCUT2D eigenvalue weighted by Crippen LogP contribution is 2.41. The summed E-state index contributed by atoms with van der Waals surface area (Å²) in [6, 6.07) is 9.02. The summed E-state index contributed by atoms with van der Waals surface area (Å²) in [5, 5.41) is 40.6. The maximum atomic E-state index is 12.1. The van der Waals surface area contributed by atoms with E-state index in [1.807, 2.05) is 6.07 Å². The molecule has 0 aliphatic carbocycles. The lowest BCUT2D eigenvalue weighted by molar-refractivity contribution is -0.346. The molecule has 2 saturated heterocycles. The Morgan fingerprint density at radius 2 is 1.81 bits per heavy atom. The van der Waals surface area contributed by atoms with Crippen LogP contribution in [-0.2, 0) is 38.1 Å². The average molecular weight is 520 g/mol. The Labute approximate surface area is 211 Å². The van der Waals surface area contributed by atoms with Gasteiger partial charge in [0, 0.05) is 12.0 Å². The van der Waals surface area contributed by atoms with Crippen molar-refractivity contribution >= 4 is 24.0 Å². The molecule has 2 fully saturated rings. The van der Waals surface area contributed by atoms with Gasteiger partial charge in [-0.3, -0.25) is 4.79 Å². The van der Waals surface area contributed by atoms with Crippen molar-refractivity contribution < 1.29 is 58.5 Å². The fourth-order valence-corrected chi connectivity index (χ4v) is 4.59. The molecular weight excluding hydrogens is 492 g/mol. The number of carboxylic acids is 1. The molecule has 0 amide bonds. The second-order valence-electron chi connectivity index (χ2n) is 8.99. The number of fused-ring (bicyclic) bond motifs is 1. The van der Waals surface area contributed by atoms with Crippen molar-refractivity contribution in [1.82, 2.24) is 0 Å². The minimum absolute atomic E-state index is 0.123. The number of aliphatic hydroxyl groups excluding tert-OH is 3. The molecule has 4 N–H and O–H groups in total. The van der Waals surface area contributed by atoms with Gasteiger partial charge < -0.3 is 44.1 Å². The van der Waals surface area contributed by atoms with E-state index >= 15 is 0 Å². The van der Waals surface area contributed by atoms with E-state index in [-0.39, 0.29) is 12.0 Å². The van der Waals surface area contributed by atoms with Gasteiger partial charge in [0.15, 0.2) is 6.29 Å². The van der Waals surface area contributed by atoms with Crippen LogP contribution in [0.3, 0.4) is 0 Å². The summed E-state index contributed by atoms with van der Waals surface area (Å²) in [6.07, 6.45) is -6.34. The Balaban J connectivity index is 1.42. The molecular formula is C25H28O12. The minimum atomic E-state index is -1.71. The number of carbonyl (C=O) groups excluding carboxylic acids is 2. The predicted molar refractivity (Wildman–Crippen MR) is 122 cm³/mol. The molecule has 1 aromatic rings. The topological polar surface area (TPSA) is 178 Å². The van der Waals surface area contributed by atoms with Gasteiger partial charge in [0.2, 0.25) is 6.29 Å². The van der Waals surface area contributed by atoms with Crippen LogP contribution in [0.15, 0.2) is 48.2 Å². The minimum Gasteiger partial charge on any atom is -0.478 e. The largest absolute Gasteiger partial charge is 0.478 e. The van der Waals surface area contributed by atoms with Crippen LogP contribution in [0, 0.1) is 11.8 Å². The first-order valence-electron chi connectivity index (χ1n) is 11.7. The Bertz CT molecular complexity index is 1050. The van der Waals surface area contributed by atoms with Gasteiger partial charge in [0.1, 0.15) is 37.1 Å². The second-order valence-corrected chi connectivity index (χ2v) is 8.99. The van der Waals surface area contributed by atoms with Crippen molar-refractivity contribution in [2.24, 2.45) is 11.8 Å². The molecule has 200 valence electrons. The van der Waals surface area contributed by atoms with Crippen molar-refractivity contribution in [2.45, 2.75) is 56.4 Å². The van der Waals surface area contributed by atoms with E-state index in [0.717, 1.165) is 11.8 Å². The van der Waals surface area contributed by atoms with Gasteiger partial charge in [-0.1, -0.05) is 30.3 Å². The number of ether oxygens (including phenoxy) is 5. The smallest absolute Gasteiger partial charge is 0.335 e. The van der Waals surface area contributed by atoms with Crippen molar-refractivity contribution in [2.75, 3.05) is 6.61 Å². The summed E-state index contributed by atoms with van der Waals surface area (Å²) in [6.45, 7) is 1.10. The summed E-state index contributed by atoms with van der Waals surface area (Å²) >= 11 is 0. The standard InChI is InChI=1S/C25H28O12/c1-12-19-14(9-18(27)35-12)15(23(31)32)10-34-24(19)37-25-22(30)21(29)20(28)16(36-25)11-33-17(26)8-7-13-5-3-2-4-6-13/h2-8,10,12,14,16,19-22,24-25,28-30H,9,11H2,1H3,(H,31,32)/b8-7+/t12-,14-,16-,19-,20-,21+,22-,24+,25+/m0/s1. The van der Waals surface area contributed by atoms with Crippen LogP contribution in [0.1, 0.15) is 18.9 Å². The Morgan fingerprint density at radius 1 is 1.08 bits per heavy atom. The summed E-state index contributed by atoms with van der Waals surface area (Å²) in [4.78, 5) is 35.7. The van der Waals surface area contributed by atoms with Gasteiger partial charge >= 0.3 is 17.9 Å². The lowest BCUT2D eigenvalue weighted by atomic mass is 9.77. The van der Waals surface area contributed by atoms with Crippen molar-refractivity contribution in [3.05, 3.63) is 53.8 Å². The van der Waals surface area contributed by atoms with Crippen molar-refractivity contribution in [3.8, 4) is 0 Å². The number of carboxylic acid groups (broad SMARTS) is 1. The first kappa shape index (κ1) is 26.8. The zero-order chi connectivity index (χ0) is 26.7. The van der Waals surface area contributed by atoms with Crippen LogP contribution in [0.25, 0.3) is 6.08 Å². The van der Waals surface area contributed by atoms with Crippen molar-refractivity contribution in [1.29, 1.82) is 0 Å². The quantitative estimate of drug-likeness (QED) is 0.279. The fraction of sp³-hybridized carbons (Fsp3) is 0.480. The molecule has 0 radical (unpaired) electrons. The molecule has 37 heavy (non-hydrogen) atoms. The van der Waals surface area contributed by atoms with E-state index in [2.05, 4.69) is 0 Å². The van der Waals surface area contributed by atoms with E-state index in [4.69, 9.17) is 23.7 Å². The monoisotopic (exact) mass is 520 g/mol. The first-order chi connectivity index (χ1) is 17.7. The maximum Gasteiger partial charge on any atom is 0.335 e. The molecule has 0 unspecified atom stereocenters. The number of hydrogen-bond donors (Lipinski definition) is 4. The zero-order valence-electron chi connectivity index (χ0n) is 19.8. The third-order valence-electron chi connectivity index (χ3n) is 6.54. The molecule has 0 aromatic heterocycles. The Kier molecular flexibility index (Phi) is 8.25. The number of benzene rings is 1. The maximum absolute atomic E-state index is 12.1. The van der Waals surface area contributed by atoms with Crippen LogP contribution in [0.2, 0.25) is 0 Å². The van der Waals surface area contributed by atoms with E-state index in [0.29, 0.717) is 0 Å². The fourth-order valence-electron chi connectivity index (χ4n) is 4.59. The highest BCUT2D eigenvalue weighted by molar-refractivity contribution is 5.88. The lowest BCUT2D eigenvalue weighted by Gasteiger charge is -2.45. The predicted octanol–water partition coefficient (Wildman–Crippen LogP) is -0.0402. The number of rotatable bonds is 7. The molecule has 9 atom stereocenters. The number of aliphatic carboxylic acids is 1. The molecule has 0 spiro atoms. The molecule has 3 aliphatic rings. The van der Waals surface area contributed by atoms with Crippen molar-refractivity contribution in [3.63, 3.8) is 0 Å². The molecule has 3 aliphatic heterocycles. The summed E-state index contributed by atoms with van der Waals surface area (Å²) < 4.78 is 27.2. The summed E-state index contributed by atoms with van der Waals surface area (Å²) in [7, 11) is 0. The highest BCUT2D eigenvalue weighted by atomic mass is 16.8. The molecule has 4 rings (SSSR count). The molecule has 12 heteroatoms. The third-order valence-corrected chi connectivity index (χ3v) is 6.54. The molecule has 1 aromatic carbocycles. The number of esters is 2. The molecule has 3 heterocycles. The SMILES string of the molecule is C[C@@H]1OC(=O)C[C@H]2C(C(=O)O)=CO[C@H](O[C@H]3O[C@@H](COC(=O)/C=C/c4ccccc4)[C@H](O)[C@@H](O)[C@@H]3O)[C@@H]12. The molecule has 0 bridgehead atoms. The van der Waals surface area contributed by atoms with E-state index < -0.39 is 79.5 Å². The van der Waals surface area contributed by atoms with Gasteiger partial charge in [0.05, 0.1) is 24.2 Å². The zero-order valence-corrected chi connectivity index (χ0v) is 19.8. The highest BCUT2D eigenvalue weighted by Gasteiger charge is 2.52. The van der Waals surface area contributed by atoms with E-state index in [9.17, 15) is 34.8 Å². The van der Waals surface area contributed by atoms with Gasteiger partial charge in [-0.2, -0.15) is 0 Å². The van der Waals surface area contributed by atoms with Gasteiger partial charge in [-0.25, -0.2) is 9.59 Å². The second kappa shape index (κ2) is 11.4. The van der Waals surface area contributed by atoms with Crippen LogP contribution in [-0.4, -0.2) is 88.0 Å². The van der Waals surface area contributed by atoms with Crippen LogP contribution in [0.5, 0.6) is 0 Å². The average Bonchev–Trinajstić information content (AvgIpc) is 2.87. The number of hydrogen-bond acceptors (Lipinski definition) is 11. The summed E-state index contributed by atoms with van der Waals surface area (Å²) in [5.74, 6) is -4.09. The van der Waals surface area contributed by atoms with Gasteiger partial charge in [-0.05, 0) is 18.6 Å². The number of cyclic esters (lactones) is 1.